The lowest BCUT2D eigenvalue weighted by molar-refractivity contribution is -0.113. The number of carbonyl (C=O) groups is 1. The first-order chi connectivity index (χ1) is 13.5. The standard InChI is InChI=1S/C20H18N4OS3/c1-11-7-12(2)9-14(8-11)22-16(25)10-27-20-18-19(28-13(3)21-18)17(23-24-20)15-5-4-6-26-15/h4-9H,10H2,1-3H3,(H,22,25). The van der Waals surface area contributed by atoms with Gasteiger partial charge in [0.2, 0.25) is 5.91 Å². The maximum absolute atomic E-state index is 12.4. The van der Waals surface area contributed by atoms with Gasteiger partial charge < -0.3 is 5.32 Å². The second-order valence-corrected chi connectivity index (χ2v) is 9.57. The number of thiazole rings is 1. The molecule has 0 bridgehead atoms. The van der Waals surface area contributed by atoms with Crippen molar-refractivity contribution in [1.29, 1.82) is 0 Å². The van der Waals surface area contributed by atoms with Gasteiger partial charge in [-0.05, 0) is 55.5 Å². The van der Waals surface area contributed by atoms with Crippen LogP contribution in [-0.2, 0) is 4.79 Å². The zero-order chi connectivity index (χ0) is 19.7. The summed E-state index contributed by atoms with van der Waals surface area (Å²) in [7, 11) is 0. The van der Waals surface area contributed by atoms with Crippen LogP contribution in [0, 0.1) is 20.8 Å². The quantitative estimate of drug-likeness (QED) is 0.429. The second-order valence-electron chi connectivity index (χ2n) is 6.45. The number of fused-ring (bicyclic) bond motifs is 1. The number of hydrogen-bond acceptors (Lipinski definition) is 7. The van der Waals surface area contributed by atoms with Crippen LogP contribution in [0.5, 0.6) is 0 Å². The van der Waals surface area contributed by atoms with E-state index in [1.807, 2.05) is 50.4 Å². The summed E-state index contributed by atoms with van der Waals surface area (Å²) >= 11 is 4.61. The highest BCUT2D eigenvalue weighted by atomic mass is 32.2. The minimum Gasteiger partial charge on any atom is -0.325 e. The van der Waals surface area contributed by atoms with Crippen LogP contribution in [0.2, 0.25) is 0 Å². The van der Waals surface area contributed by atoms with E-state index in [1.165, 1.54) is 11.8 Å². The molecule has 28 heavy (non-hydrogen) atoms. The van der Waals surface area contributed by atoms with Crippen molar-refractivity contribution in [2.75, 3.05) is 11.1 Å². The molecule has 0 fully saturated rings. The minimum atomic E-state index is -0.0702. The SMILES string of the molecule is Cc1cc(C)cc(NC(=O)CSc2nnc(-c3cccs3)c3sc(C)nc23)c1. The Morgan fingerprint density at radius 3 is 2.64 bits per heavy atom. The first-order valence-electron chi connectivity index (χ1n) is 8.68. The van der Waals surface area contributed by atoms with Crippen LogP contribution >= 0.6 is 34.4 Å². The van der Waals surface area contributed by atoms with Crippen LogP contribution in [0.15, 0.2) is 40.7 Å². The van der Waals surface area contributed by atoms with E-state index in [-0.39, 0.29) is 11.7 Å². The number of nitrogens with zero attached hydrogens (tertiary/aromatic N) is 3. The molecule has 0 aliphatic rings. The lowest BCUT2D eigenvalue weighted by Gasteiger charge is -2.07. The molecule has 0 saturated heterocycles. The summed E-state index contributed by atoms with van der Waals surface area (Å²) in [5.74, 6) is 0.185. The van der Waals surface area contributed by atoms with Gasteiger partial charge in [0.05, 0.1) is 20.3 Å². The Morgan fingerprint density at radius 1 is 1.14 bits per heavy atom. The van der Waals surface area contributed by atoms with Crippen LogP contribution in [0.3, 0.4) is 0 Å². The maximum Gasteiger partial charge on any atom is 0.234 e. The lowest BCUT2D eigenvalue weighted by atomic mass is 10.1. The minimum absolute atomic E-state index is 0.0702. The van der Waals surface area contributed by atoms with Gasteiger partial charge in [-0.15, -0.1) is 32.9 Å². The van der Waals surface area contributed by atoms with E-state index in [1.54, 1.807) is 22.7 Å². The maximum atomic E-state index is 12.4. The number of benzene rings is 1. The zero-order valence-corrected chi connectivity index (χ0v) is 18.1. The smallest absolute Gasteiger partial charge is 0.234 e. The van der Waals surface area contributed by atoms with Crippen LogP contribution in [0.25, 0.3) is 20.8 Å². The van der Waals surface area contributed by atoms with Crippen LogP contribution in [0.1, 0.15) is 16.1 Å². The summed E-state index contributed by atoms with van der Waals surface area (Å²) in [6, 6.07) is 10.0. The van der Waals surface area contributed by atoms with Crippen molar-refractivity contribution in [2.45, 2.75) is 25.8 Å². The molecule has 0 spiro atoms. The number of rotatable bonds is 5. The molecule has 0 aliphatic carbocycles. The molecule has 3 aromatic heterocycles. The molecule has 1 N–H and O–H groups in total. The van der Waals surface area contributed by atoms with Crippen molar-refractivity contribution in [3.05, 3.63) is 51.8 Å². The number of aryl methyl sites for hydroxylation is 3. The fourth-order valence-corrected chi connectivity index (χ4v) is 5.46. The number of amides is 1. The fraction of sp³-hybridized carbons (Fsp3) is 0.200. The van der Waals surface area contributed by atoms with Crippen molar-refractivity contribution in [3.8, 4) is 10.6 Å². The Balaban J connectivity index is 1.53. The van der Waals surface area contributed by atoms with E-state index in [0.717, 1.165) is 42.6 Å². The number of hydrogen-bond donors (Lipinski definition) is 1. The van der Waals surface area contributed by atoms with Gasteiger partial charge in [0.25, 0.3) is 0 Å². The normalized spacial score (nSPS) is 11.1. The lowest BCUT2D eigenvalue weighted by Crippen LogP contribution is -2.14. The summed E-state index contributed by atoms with van der Waals surface area (Å²) in [5, 5.41) is 15.4. The van der Waals surface area contributed by atoms with E-state index < -0.39 is 0 Å². The number of anilines is 1. The van der Waals surface area contributed by atoms with Gasteiger partial charge in [-0.2, -0.15) is 0 Å². The van der Waals surface area contributed by atoms with Gasteiger partial charge in [0, 0.05) is 5.69 Å². The third-order valence-corrected chi connectivity index (χ3v) is 6.80. The van der Waals surface area contributed by atoms with E-state index in [9.17, 15) is 4.79 Å². The third-order valence-electron chi connectivity index (χ3n) is 3.99. The summed E-state index contributed by atoms with van der Waals surface area (Å²) in [5.41, 5.74) is 4.75. The Hall–Kier alpha value is -2.29. The molecule has 1 amide bonds. The highest BCUT2D eigenvalue weighted by molar-refractivity contribution is 8.00. The van der Waals surface area contributed by atoms with Gasteiger partial charge in [-0.1, -0.05) is 23.9 Å². The van der Waals surface area contributed by atoms with Gasteiger partial charge in [0.15, 0.2) is 0 Å². The molecule has 4 aromatic rings. The summed E-state index contributed by atoms with van der Waals surface area (Å²) in [6.07, 6.45) is 0. The molecule has 0 saturated carbocycles. The predicted molar refractivity (Wildman–Crippen MR) is 119 cm³/mol. The highest BCUT2D eigenvalue weighted by Crippen LogP contribution is 2.36. The van der Waals surface area contributed by atoms with Crippen molar-refractivity contribution in [1.82, 2.24) is 15.2 Å². The average molecular weight is 427 g/mol. The van der Waals surface area contributed by atoms with Gasteiger partial charge in [-0.3, -0.25) is 4.79 Å². The molecule has 5 nitrogen and oxygen atoms in total. The molecule has 142 valence electrons. The fourth-order valence-electron chi connectivity index (χ4n) is 2.97. The summed E-state index contributed by atoms with van der Waals surface area (Å²) < 4.78 is 1.02. The first kappa shape index (κ1) is 19.0. The Morgan fingerprint density at radius 2 is 1.93 bits per heavy atom. The van der Waals surface area contributed by atoms with Gasteiger partial charge >= 0.3 is 0 Å². The van der Waals surface area contributed by atoms with Crippen LogP contribution in [0.4, 0.5) is 5.69 Å². The van der Waals surface area contributed by atoms with Crippen molar-refractivity contribution < 1.29 is 4.79 Å². The van der Waals surface area contributed by atoms with E-state index in [2.05, 4.69) is 26.6 Å². The van der Waals surface area contributed by atoms with Gasteiger partial charge in [0.1, 0.15) is 16.2 Å². The van der Waals surface area contributed by atoms with E-state index >= 15 is 0 Å². The molecule has 0 radical (unpaired) electrons. The molecule has 3 heterocycles. The number of aromatic nitrogens is 3. The largest absolute Gasteiger partial charge is 0.325 e. The van der Waals surface area contributed by atoms with Crippen molar-refractivity contribution >= 4 is 56.2 Å². The Kier molecular flexibility index (Phi) is 5.43. The number of nitrogens with one attached hydrogen (secondary N) is 1. The van der Waals surface area contributed by atoms with Crippen molar-refractivity contribution in [3.63, 3.8) is 0 Å². The van der Waals surface area contributed by atoms with E-state index in [4.69, 9.17) is 0 Å². The predicted octanol–water partition coefficient (Wildman–Crippen LogP) is 5.47. The van der Waals surface area contributed by atoms with Gasteiger partial charge in [-0.25, -0.2) is 4.98 Å². The zero-order valence-electron chi connectivity index (χ0n) is 15.6. The van der Waals surface area contributed by atoms with E-state index in [0.29, 0.717) is 5.03 Å². The summed E-state index contributed by atoms with van der Waals surface area (Å²) in [4.78, 5) is 18.1. The Bertz CT molecular complexity index is 1130. The molecular formula is C20H18N4OS3. The molecule has 1 aromatic carbocycles. The number of carbonyl (C=O) groups excluding carboxylic acids is 1. The molecular weight excluding hydrogens is 408 g/mol. The summed E-state index contributed by atoms with van der Waals surface area (Å²) in [6.45, 7) is 6.01. The molecule has 8 heteroatoms. The topological polar surface area (TPSA) is 67.8 Å². The van der Waals surface area contributed by atoms with Crippen LogP contribution in [-0.4, -0.2) is 26.8 Å². The highest BCUT2D eigenvalue weighted by Gasteiger charge is 2.17. The Labute approximate surface area is 175 Å². The second kappa shape index (κ2) is 7.98. The molecule has 0 atom stereocenters. The molecule has 0 unspecified atom stereocenters. The monoisotopic (exact) mass is 426 g/mol. The van der Waals surface area contributed by atoms with Crippen molar-refractivity contribution in [2.24, 2.45) is 0 Å². The number of thiophene rings is 1. The van der Waals surface area contributed by atoms with Crippen LogP contribution < -0.4 is 5.32 Å². The first-order valence-corrected chi connectivity index (χ1v) is 11.4. The third kappa shape index (κ3) is 4.09. The number of thioether (sulfide) groups is 1. The average Bonchev–Trinajstić information content (AvgIpc) is 3.27. The molecule has 4 rings (SSSR count). The molecule has 0 aliphatic heterocycles.